The van der Waals surface area contributed by atoms with Gasteiger partial charge in [0.05, 0.1) is 28.4 Å². The monoisotopic (exact) mass is 436 g/mol. The first-order valence-corrected chi connectivity index (χ1v) is 10.4. The van der Waals surface area contributed by atoms with E-state index in [2.05, 4.69) is 12.2 Å². The van der Waals surface area contributed by atoms with Crippen LogP contribution in [0.1, 0.15) is 49.4 Å². The van der Waals surface area contributed by atoms with Crippen molar-refractivity contribution in [2.75, 3.05) is 35.0 Å². The lowest BCUT2D eigenvalue weighted by molar-refractivity contribution is -0.145. The first-order chi connectivity index (χ1) is 14.9. The van der Waals surface area contributed by atoms with Crippen molar-refractivity contribution >= 4 is 17.8 Å². The molecule has 1 aromatic rings. The maximum Gasteiger partial charge on any atom is 0.328 e. The summed E-state index contributed by atoms with van der Waals surface area (Å²) in [5.74, 6) is 0.0364. The van der Waals surface area contributed by atoms with E-state index in [9.17, 15) is 14.4 Å². The quantitative estimate of drug-likeness (QED) is 0.443. The first-order valence-electron chi connectivity index (χ1n) is 10.4. The summed E-state index contributed by atoms with van der Waals surface area (Å²) in [7, 11) is 5.68. The molecule has 1 N–H and O–H groups in total. The number of methoxy groups -OCH3 is 4. The molecule has 0 bridgehead atoms. The van der Waals surface area contributed by atoms with Crippen molar-refractivity contribution in [2.45, 2.75) is 51.1 Å². The van der Waals surface area contributed by atoms with Gasteiger partial charge in [0, 0.05) is 31.0 Å². The van der Waals surface area contributed by atoms with Crippen molar-refractivity contribution in [2.24, 2.45) is 0 Å². The van der Waals surface area contributed by atoms with Gasteiger partial charge in [-0.15, -0.1) is 0 Å². The molecule has 1 fully saturated rings. The number of benzene rings is 1. The molecule has 0 saturated carbocycles. The van der Waals surface area contributed by atoms with Gasteiger partial charge in [-0.2, -0.15) is 0 Å². The van der Waals surface area contributed by atoms with Gasteiger partial charge >= 0.3 is 5.97 Å². The van der Waals surface area contributed by atoms with Crippen LogP contribution in [-0.4, -0.2) is 69.8 Å². The highest BCUT2D eigenvalue weighted by atomic mass is 16.5. The highest BCUT2D eigenvalue weighted by Gasteiger charge is 2.41. The van der Waals surface area contributed by atoms with Gasteiger partial charge < -0.3 is 29.2 Å². The molecule has 0 spiro atoms. The molecule has 2 amide bonds. The van der Waals surface area contributed by atoms with Gasteiger partial charge in [0.1, 0.15) is 6.04 Å². The van der Waals surface area contributed by atoms with Crippen LogP contribution in [0.15, 0.2) is 12.1 Å². The maximum absolute atomic E-state index is 13.3. The van der Waals surface area contributed by atoms with Crippen LogP contribution in [0.4, 0.5) is 0 Å². The number of amides is 2. The largest absolute Gasteiger partial charge is 0.493 e. The Labute approximate surface area is 183 Å². The summed E-state index contributed by atoms with van der Waals surface area (Å²) in [4.78, 5) is 39.3. The van der Waals surface area contributed by atoms with E-state index in [0.29, 0.717) is 30.1 Å². The molecule has 0 aliphatic carbocycles. The van der Waals surface area contributed by atoms with Gasteiger partial charge in [-0.05, 0) is 18.6 Å². The summed E-state index contributed by atoms with van der Waals surface area (Å²) >= 11 is 0. The zero-order chi connectivity index (χ0) is 23.0. The molecule has 1 aliphatic heterocycles. The SMILES string of the molecule is CCCCCC(=O)NC1CC(C(=O)OC)N(C(=O)c2cc(OC)c(OC)c(OC)c2)C1. The molecule has 2 rings (SSSR count). The Morgan fingerprint density at radius 3 is 2.19 bits per heavy atom. The van der Waals surface area contributed by atoms with Crippen LogP contribution in [0.5, 0.6) is 17.2 Å². The number of hydrogen-bond donors (Lipinski definition) is 1. The number of carbonyl (C=O) groups excluding carboxylic acids is 3. The lowest BCUT2D eigenvalue weighted by Gasteiger charge is -2.23. The van der Waals surface area contributed by atoms with Crippen LogP contribution in [0.3, 0.4) is 0 Å². The molecule has 31 heavy (non-hydrogen) atoms. The van der Waals surface area contributed by atoms with Crippen molar-refractivity contribution in [3.05, 3.63) is 17.7 Å². The zero-order valence-electron chi connectivity index (χ0n) is 18.9. The predicted octanol–water partition coefficient (Wildman–Crippen LogP) is 2.17. The maximum atomic E-state index is 13.3. The fourth-order valence-electron chi connectivity index (χ4n) is 3.73. The van der Waals surface area contributed by atoms with Crippen LogP contribution in [-0.2, 0) is 14.3 Å². The zero-order valence-corrected chi connectivity index (χ0v) is 18.9. The number of nitrogens with one attached hydrogen (secondary N) is 1. The minimum Gasteiger partial charge on any atom is -0.493 e. The van der Waals surface area contributed by atoms with E-state index in [0.717, 1.165) is 19.3 Å². The van der Waals surface area contributed by atoms with E-state index in [-0.39, 0.29) is 24.1 Å². The number of unbranched alkanes of at least 4 members (excludes halogenated alkanes) is 2. The van der Waals surface area contributed by atoms with Crippen LogP contribution >= 0.6 is 0 Å². The van der Waals surface area contributed by atoms with Crippen LogP contribution in [0.2, 0.25) is 0 Å². The molecule has 1 aliphatic rings. The van der Waals surface area contributed by atoms with Gasteiger partial charge in [-0.1, -0.05) is 19.8 Å². The average Bonchev–Trinajstić information content (AvgIpc) is 3.20. The Kier molecular flexibility index (Phi) is 8.96. The first kappa shape index (κ1) is 24.3. The van der Waals surface area contributed by atoms with Gasteiger partial charge in [-0.3, -0.25) is 9.59 Å². The number of hydrogen-bond acceptors (Lipinski definition) is 7. The number of rotatable bonds is 10. The van der Waals surface area contributed by atoms with Crippen molar-refractivity contribution in [3.63, 3.8) is 0 Å². The van der Waals surface area contributed by atoms with Crippen molar-refractivity contribution in [3.8, 4) is 17.2 Å². The summed E-state index contributed by atoms with van der Waals surface area (Å²) in [5, 5.41) is 2.94. The Hall–Kier alpha value is -2.97. The van der Waals surface area contributed by atoms with E-state index in [1.54, 1.807) is 0 Å². The molecule has 172 valence electrons. The van der Waals surface area contributed by atoms with Crippen LogP contribution < -0.4 is 19.5 Å². The fourth-order valence-corrected chi connectivity index (χ4v) is 3.73. The Morgan fingerprint density at radius 1 is 1.03 bits per heavy atom. The minimum atomic E-state index is -0.794. The number of ether oxygens (including phenoxy) is 4. The number of likely N-dealkylation sites (tertiary alicyclic amines) is 1. The van der Waals surface area contributed by atoms with E-state index >= 15 is 0 Å². The Morgan fingerprint density at radius 2 is 1.68 bits per heavy atom. The summed E-state index contributed by atoms with van der Waals surface area (Å²) in [6.07, 6.45) is 3.53. The van der Waals surface area contributed by atoms with E-state index < -0.39 is 17.9 Å². The smallest absolute Gasteiger partial charge is 0.328 e. The van der Waals surface area contributed by atoms with Crippen LogP contribution in [0, 0.1) is 0 Å². The van der Waals surface area contributed by atoms with Gasteiger partial charge in [0.15, 0.2) is 11.5 Å². The van der Waals surface area contributed by atoms with E-state index in [1.165, 1.54) is 45.5 Å². The van der Waals surface area contributed by atoms with Crippen molar-refractivity contribution in [1.82, 2.24) is 10.2 Å². The minimum absolute atomic E-state index is 0.0795. The Bertz CT molecular complexity index is 771. The van der Waals surface area contributed by atoms with Gasteiger partial charge in [-0.25, -0.2) is 4.79 Å². The molecule has 9 heteroatoms. The topological polar surface area (TPSA) is 103 Å². The highest BCUT2D eigenvalue weighted by Crippen LogP contribution is 2.39. The fraction of sp³-hybridized carbons (Fsp3) is 0.591. The lowest BCUT2D eigenvalue weighted by Crippen LogP contribution is -2.42. The number of esters is 1. The third-order valence-corrected chi connectivity index (χ3v) is 5.32. The standard InChI is InChI=1S/C22H32N2O7/c1-6-7-8-9-19(25)23-15-12-16(22(27)31-5)24(13-15)21(26)14-10-17(28-2)20(30-4)18(11-14)29-3/h10-11,15-16H,6-9,12-13H2,1-5H3,(H,23,25). The second kappa shape index (κ2) is 11.4. The molecule has 0 aromatic heterocycles. The second-order valence-electron chi connectivity index (χ2n) is 7.37. The molecule has 2 atom stereocenters. The molecule has 0 radical (unpaired) electrons. The number of carbonyl (C=O) groups is 3. The third-order valence-electron chi connectivity index (χ3n) is 5.32. The summed E-state index contributed by atoms with van der Waals surface area (Å²) < 4.78 is 20.8. The molecular weight excluding hydrogens is 404 g/mol. The predicted molar refractivity (Wildman–Crippen MR) is 114 cm³/mol. The van der Waals surface area contributed by atoms with E-state index in [1.807, 2.05) is 0 Å². The highest BCUT2D eigenvalue weighted by molar-refractivity contribution is 5.98. The summed E-state index contributed by atoms with van der Waals surface area (Å²) in [6, 6.07) is 1.95. The van der Waals surface area contributed by atoms with E-state index in [4.69, 9.17) is 18.9 Å². The molecule has 1 heterocycles. The lowest BCUT2D eigenvalue weighted by atomic mass is 10.1. The average molecular weight is 437 g/mol. The summed E-state index contributed by atoms with van der Waals surface area (Å²) in [6.45, 7) is 2.28. The normalized spacial score (nSPS) is 17.8. The van der Waals surface area contributed by atoms with Crippen molar-refractivity contribution < 1.29 is 33.3 Å². The second-order valence-corrected chi connectivity index (χ2v) is 7.37. The molecule has 9 nitrogen and oxygen atoms in total. The van der Waals surface area contributed by atoms with Crippen LogP contribution in [0.25, 0.3) is 0 Å². The van der Waals surface area contributed by atoms with Crippen molar-refractivity contribution in [1.29, 1.82) is 0 Å². The third kappa shape index (κ3) is 5.80. The molecule has 1 saturated heterocycles. The van der Waals surface area contributed by atoms with Gasteiger partial charge in [0.2, 0.25) is 11.7 Å². The Balaban J connectivity index is 2.24. The molecule has 1 aromatic carbocycles. The molecular formula is C22H32N2O7. The van der Waals surface area contributed by atoms with Gasteiger partial charge in [0.25, 0.3) is 5.91 Å². The summed E-state index contributed by atoms with van der Waals surface area (Å²) in [5.41, 5.74) is 0.276. The number of nitrogens with zero attached hydrogens (tertiary/aromatic N) is 1. The molecule has 2 unspecified atom stereocenters.